The van der Waals surface area contributed by atoms with Crippen molar-refractivity contribution < 1.29 is 9.59 Å². The molecule has 0 atom stereocenters. The average Bonchev–Trinajstić information content (AvgIpc) is 2.44. The third-order valence-corrected chi connectivity index (χ3v) is 2.99. The van der Waals surface area contributed by atoms with Gasteiger partial charge >= 0.3 is 0 Å². The maximum absolute atomic E-state index is 11.8. The summed E-state index contributed by atoms with van der Waals surface area (Å²) in [6, 6.07) is 0. The number of carbonyl (C=O) groups is 2. The zero-order valence-corrected chi connectivity index (χ0v) is 12.0. The Hall–Kier alpha value is -0.810. The first-order valence-electron chi connectivity index (χ1n) is 6.23. The molecule has 0 aromatic heterocycles. The van der Waals surface area contributed by atoms with Gasteiger partial charge in [-0.3, -0.25) is 9.59 Å². The first-order valence-corrected chi connectivity index (χ1v) is 6.23. The lowest BCUT2D eigenvalue weighted by Gasteiger charge is -2.27. The smallest absolute Gasteiger partial charge is 0.240 e. The second-order valence-electron chi connectivity index (χ2n) is 5.26. The molecule has 6 heteroatoms. The van der Waals surface area contributed by atoms with Gasteiger partial charge in [0.05, 0.1) is 6.54 Å². The van der Waals surface area contributed by atoms with E-state index >= 15 is 0 Å². The first kappa shape index (κ1) is 17.2. The summed E-state index contributed by atoms with van der Waals surface area (Å²) in [5.41, 5.74) is 5.13. The van der Waals surface area contributed by atoms with Gasteiger partial charge in [0.15, 0.2) is 0 Å². The van der Waals surface area contributed by atoms with Crippen LogP contribution in [0.15, 0.2) is 0 Å². The number of amides is 2. The molecule has 3 N–H and O–H groups in total. The third kappa shape index (κ3) is 5.69. The molecule has 0 bridgehead atoms. The Bertz CT molecular complexity index is 295. The molecule has 1 rings (SSSR count). The Kier molecular flexibility index (Phi) is 7.25. The number of nitrogens with two attached hydrogens (primary N) is 1. The molecule has 5 nitrogen and oxygen atoms in total. The highest BCUT2D eigenvalue weighted by Crippen LogP contribution is 2.10. The average molecular weight is 278 g/mol. The number of nitrogens with one attached hydrogen (secondary N) is 1. The number of hydrogen-bond acceptors (Lipinski definition) is 3. The molecule has 0 saturated carbocycles. The Morgan fingerprint density at radius 3 is 2.67 bits per heavy atom. The Morgan fingerprint density at radius 2 is 2.06 bits per heavy atom. The van der Waals surface area contributed by atoms with Crippen LogP contribution in [0.5, 0.6) is 0 Å². The number of hydrogen-bond donors (Lipinski definition) is 2. The van der Waals surface area contributed by atoms with Crippen LogP contribution >= 0.6 is 12.4 Å². The van der Waals surface area contributed by atoms with E-state index in [-0.39, 0.29) is 30.8 Å². The predicted molar refractivity (Wildman–Crippen MR) is 73.6 cm³/mol. The molecule has 0 aliphatic carbocycles. The zero-order valence-electron chi connectivity index (χ0n) is 11.2. The highest BCUT2D eigenvalue weighted by Gasteiger charge is 2.23. The Balaban J connectivity index is 0.00000289. The molecule has 1 aliphatic heterocycles. The summed E-state index contributed by atoms with van der Waals surface area (Å²) in [4.78, 5) is 25.1. The van der Waals surface area contributed by atoms with Crippen LogP contribution in [-0.4, -0.2) is 41.9 Å². The van der Waals surface area contributed by atoms with Crippen molar-refractivity contribution in [3.8, 4) is 0 Å². The second kappa shape index (κ2) is 7.59. The van der Waals surface area contributed by atoms with Gasteiger partial charge in [-0.25, -0.2) is 0 Å². The Morgan fingerprint density at radius 1 is 1.39 bits per heavy atom. The number of rotatable bonds is 4. The van der Waals surface area contributed by atoms with Gasteiger partial charge in [-0.1, -0.05) is 6.42 Å². The maximum atomic E-state index is 11.8. The van der Waals surface area contributed by atoms with Gasteiger partial charge in [0.1, 0.15) is 0 Å². The zero-order chi connectivity index (χ0) is 12.9. The minimum atomic E-state index is -0.411. The summed E-state index contributed by atoms with van der Waals surface area (Å²) in [5, 5.41) is 2.84. The molecule has 1 saturated heterocycles. The van der Waals surface area contributed by atoms with E-state index in [1.807, 2.05) is 13.8 Å². The van der Waals surface area contributed by atoms with Gasteiger partial charge < -0.3 is 16.0 Å². The first-order chi connectivity index (χ1) is 7.94. The molecule has 18 heavy (non-hydrogen) atoms. The number of halogens is 1. The predicted octanol–water partition coefficient (Wildman–Crippen LogP) is 0.664. The second-order valence-corrected chi connectivity index (χ2v) is 5.26. The van der Waals surface area contributed by atoms with Crippen molar-refractivity contribution in [1.29, 1.82) is 0 Å². The molecular weight excluding hydrogens is 254 g/mol. The topological polar surface area (TPSA) is 75.4 Å². The van der Waals surface area contributed by atoms with Crippen LogP contribution in [0.25, 0.3) is 0 Å². The summed E-state index contributed by atoms with van der Waals surface area (Å²) in [7, 11) is 0. The minimum Gasteiger partial charge on any atom is -0.348 e. The third-order valence-electron chi connectivity index (χ3n) is 2.99. The largest absolute Gasteiger partial charge is 0.348 e. The molecule has 0 aromatic carbocycles. The normalized spacial score (nSPS) is 16.8. The van der Waals surface area contributed by atoms with E-state index in [2.05, 4.69) is 5.32 Å². The van der Waals surface area contributed by atoms with Crippen LogP contribution in [-0.2, 0) is 9.59 Å². The fraction of sp³-hybridized carbons (Fsp3) is 0.833. The minimum absolute atomic E-state index is 0. The highest BCUT2D eigenvalue weighted by molar-refractivity contribution is 5.85. The standard InChI is InChI=1S/C12H23N3O2.ClH/c1-12(2,9-13)14-10(16)8-15-7-5-3-4-6-11(15)17;/h3-9,13H2,1-2H3,(H,14,16);1H. The molecule has 106 valence electrons. The lowest BCUT2D eigenvalue weighted by molar-refractivity contribution is -0.136. The SMILES string of the molecule is CC(C)(CN)NC(=O)CN1CCCCCC1=O.Cl. The highest BCUT2D eigenvalue weighted by atomic mass is 35.5. The van der Waals surface area contributed by atoms with Gasteiger partial charge in [-0.05, 0) is 26.7 Å². The van der Waals surface area contributed by atoms with Gasteiger partial charge in [0.25, 0.3) is 0 Å². The van der Waals surface area contributed by atoms with E-state index in [9.17, 15) is 9.59 Å². The van der Waals surface area contributed by atoms with Crippen LogP contribution in [0.4, 0.5) is 0 Å². The Labute approximate surface area is 115 Å². The van der Waals surface area contributed by atoms with Crippen LogP contribution in [0.2, 0.25) is 0 Å². The molecule has 2 amide bonds. The van der Waals surface area contributed by atoms with Gasteiger partial charge in [0, 0.05) is 25.0 Å². The maximum Gasteiger partial charge on any atom is 0.240 e. The van der Waals surface area contributed by atoms with Crippen LogP contribution in [0.1, 0.15) is 39.5 Å². The summed E-state index contributed by atoms with van der Waals surface area (Å²) in [5.74, 6) is -0.0427. The van der Waals surface area contributed by atoms with Gasteiger partial charge in [-0.15, -0.1) is 12.4 Å². The number of carbonyl (C=O) groups excluding carboxylic acids is 2. The monoisotopic (exact) mass is 277 g/mol. The van der Waals surface area contributed by atoms with Crippen LogP contribution < -0.4 is 11.1 Å². The fourth-order valence-corrected chi connectivity index (χ4v) is 1.85. The molecule has 1 heterocycles. The molecule has 0 spiro atoms. The molecule has 1 aliphatic rings. The summed E-state index contributed by atoms with van der Waals surface area (Å²) in [6.45, 7) is 4.97. The van der Waals surface area contributed by atoms with E-state index in [1.54, 1.807) is 4.90 Å². The van der Waals surface area contributed by atoms with Crippen molar-refractivity contribution in [3.63, 3.8) is 0 Å². The van der Waals surface area contributed by atoms with Crippen molar-refractivity contribution in [1.82, 2.24) is 10.2 Å². The van der Waals surface area contributed by atoms with E-state index < -0.39 is 5.54 Å². The quantitative estimate of drug-likeness (QED) is 0.793. The van der Waals surface area contributed by atoms with Crippen molar-refractivity contribution >= 4 is 24.2 Å². The van der Waals surface area contributed by atoms with Crippen molar-refractivity contribution in [2.75, 3.05) is 19.6 Å². The molecule has 0 radical (unpaired) electrons. The lowest BCUT2D eigenvalue weighted by atomic mass is 10.1. The molecular formula is C12H24ClN3O2. The summed E-state index contributed by atoms with van der Waals surface area (Å²) >= 11 is 0. The van der Waals surface area contributed by atoms with Crippen LogP contribution in [0.3, 0.4) is 0 Å². The summed E-state index contributed by atoms with van der Waals surface area (Å²) in [6.07, 6.45) is 3.55. The van der Waals surface area contributed by atoms with Gasteiger partial charge in [0.2, 0.25) is 11.8 Å². The fourth-order valence-electron chi connectivity index (χ4n) is 1.85. The molecule has 0 aromatic rings. The lowest BCUT2D eigenvalue weighted by Crippen LogP contribution is -2.52. The summed E-state index contributed by atoms with van der Waals surface area (Å²) < 4.78 is 0. The van der Waals surface area contributed by atoms with Gasteiger partial charge in [-0.2, -0.15) is 0 Å². The van der Waals surface area contributed by atoms with E-state index in [0.29, 0.717) is 19.5 Å². The van der Waals surface area contributed by atoms with E-state index in [1.165, 1.54) is 0 Å². The van der Waals surface area contributed by atoms with Crippen LogP contribution in [0, 0.1) is 0 Å². The van der Waals surface area contributed by atoms with E-state index in [0.717, 1.165) is 19.3 Å². The van der Waals surface area contributed by atoms with E-state index in [4.69, 9.17) is 5.73 Å². The van der Waals surface area contributed by atoms with Crippen molar-refractivity contribution in [3.05, 3.63) is 0 Å². The molecule has 1 fully saturated rings. The number of likely N-dealkylation sites (tertiary alicyclic amines) is 1. The van der Waals surface area contributed by atoms with Crippen molar-refractivity contribution in [2.24, 2.45) is 5.73 Å². The molecule has 0 unspecified atom stereocenters. The number of nitrogens with zero attached hydrogens (tertiary/aromatic N) is 1. The van der Waals surface area contributed by atoms with Crippen molar-refractivity contribution in [2.45, 2.75) is 45.1 Å².